The van der Waals surface area contributed by atoms with Gasteiger partial charge in [-0.3, -0.25) is 4.79 Å². The molecule has 1 amide bonds. The molecule has 0 heterocycles. The van der Waals surface area contributed by atoms with E-state index in [1.807, 2.05) is 11.8 Å². The second-order valence-electron chi connectivity index (χ2n) is 4.98. The van der Waals surface area contributed by atoms with Crippen LogP contribution < -0.4 is 16.8 Å². The third kappa shape index (κ3) is 3.35. The zero-order valence-corrected chi connectivity index (χ0v) is 12.0. The molecule has 5 N–H and O–H groups in total. The van der Waals surface area contributed by atoms with E-state index in [9.17, 15) is 4.79 Å². The number of primary amides is 1. The summed E-state index contributed by atoms with van der Waals surface area (Å²) in [7, 11) is 0. The van der Waals surface area contributed by atoms with E-state index in [4.69, 9.17) is 11.5 Å². The molecule has 0 bridgehead atoms. The molecule has 5 heteroatoms. The number of carbonyl (C=O) groups is 1. The van der Waals surface area contributed by atoms with E-state index in [2.05, 4.69) is 11.6 Å². The Bertz CT molecular complexity index is 464. The van der Waals surface area contributed by atoms with Crippen LogP contribution >= 0.6 is 11.8 Å². The molecule has 1 aliphatic rings. The molecule has 0 saturated heterocycles. The normalized spacial score (nSPS) is 23.0. The third-order valence-electron chi connectivity index (χ3n) is 3.68. The first-order valence-electron chi connectivity index (χ1n) is 6.60. The van der Waals surface area contributed by atoms with Gasteiger partial charge in [-0.05, 0) is 37.3 Å². The van der Waals surface area contributed by atoms with Crippen molar-refractivity contribution in [2.45, 2.75) is 37.0 Å². The number of rotatable bonds is 4. The molecule has 0 radical (unpaired) electrons. The van der Waals surface area contributed by atoms with Crippen molar-refractivity contribution in [3.63, 3.8) is 0 Å². The fourth-order valence-corrected chi connectivity index (χ4v) is 3.51. The molecule has 1 fully saturated rings. The third-order valence-corrected chi connectivity index (χ3v) is 4.85. The van der Waals surface area contributed by atoms with Gasteiger partial charge in [0, 0.05) is 16.9 Å². The van der Waals surface area contributed by atoms with Gasteiger partial charge in [-0.25, -0.2) is 0 Å². The lowest BCUT2D eigenvalue weighted by atomic mass is 9.94. The number of carbonyl (C=O) groups excluding carboxylic acids is 1. The average molecular weight is 279 g/mol. The maximum Gasteiger partial charge on any atom is 0.248 e. The van der Waals surface area contributed by atoms with E-state index in [1.54, 1.807) is 18.2 Å². The number of benzene rings is 1. The molecular formula is C14H21N3OS. The topological polar surface area (TPSA) is 81.1 Å². The van der Waals surface area contributed by atoms with Crippen LogP contribution in [0, 0.1) is 0 Å². The molecular weight excluding hydrogens is 258 g/mol. The second-order valence-corrected chi connectivity index (χ2v) is 6.05. The van der Waals surface area contributed by atoms with Gasteiger partial charge >= 0.3 is 0 Å². The minimum Gasteiger partial charge on any atom is -0.397 e. The summed E-state index contributed by atoms with van der Waals surface area (Å²) in [5, 5.41) is 4.09. The van der Waals surface area contributed by atoms with Crippen molar-refractivity contribution in [2.24, 2.45) is 5.73 Å². The minimum atomic E-state index is -0.423. The lowest BCUT2D eigenvalue weighted by molar-refractivity contribution is 0.100. The molecule has 0 aliphatic heterocycles. The molecule has 19 heavy (non-hydrogen) atoms. The monoisotopic (exact) mass is 279 g/mol. The van der Waals surface area contributed by atoms with E-state index in [0.29, 0.717) is 22.5 Å². The first kappa shape index (κ1) is 14.1. The SMILES string of the molecule is CSC1CCCCC1Nc1cc(C(N)=O)ccc1N. The van der Waals surface area contributed by atoms with Crippen LogP contribution in [0.4, 0.5) is 11.4 Å². The van der Waals surface area contributed by atoms with Gasteiger partial charge in [-0.2, -0.15) is 11.8 Å². The van der Waals surface area contributed by atoms with Gasteiger partial charge in [0.25, 0.3) is 0 Å². The van der Waals surface area contributed by atoms with E-state index >= 15 is 0 Å². The van der Waals surface area contributed by atoms with E-state index in [0.717, 1.165) is 12.1 Å². The van der Waals surface area contributed by atoms with Crippen molar-refractivity contribution < 1.29 is 4.79 Å². The van der Waals surface area contributed by atoms with Gasteiger partial charge in [-0.15, -0.1) is 0 Å². The number of thioether (sulfide) groups is 1. The predicted octanol–water partition coefficient (Wildman–Crippen LogP) is 2.45. The first-order valence-corrected chi connectivity index (χ1v) is 7.89. The molecule has 2 rings (SSSR count). The summed E-state index contributed by atoms with van der Waals surface area (Å²) in [4.78, 5) is 11.2. The van der Waals surface area contributed by atoms with Gasteiger partial charge in [0.05, 0.1) is 11.4 Å². The highest BCUT2D eigenvalue weighted by molar-refractivity contribution is 7.99. The Balaban J connectivity index is 2.17. The summed E-state index contributed by atoms with van der Waals surface area (Å²) in [6.07, 6.45) is 7.05. The van der Waals surface area contributed by atoms with Gasteiger partial charge < -0.3 is 16.8 Å². The van der Waals surface area contributed by atoms with E-state index < -0.39 is 5.91 Å². The number of nitrogens with one attached hydrogen (secondary N) is 1. The van der Waals surface area contributed by atoms with Crippen LogP contribution in [-0.4, -0.2) is 23.5 Å². The van der Waals surface area contributed by atoms with Gasteiger partial charge in [0.15, 0.2) is 0 Å². The van der Waals surface area contributed by atoms with Crippen molar-refractivity contribution in [2.75, 3.05) is 17.3 Å². The van der Waals surface area contributed by atoms with Crippen molar-refractivity contribution >= 4 is 29.0 Å². The van der Waals surface area contributed by atoms with E-state index in [-0.39, 0.29) is 0 Å². The quantitative estimate of drug-likeness (QED) is 0.739. The highest BCUT2D eigenvalue weighted by atomic mass is 32.2. The lowest BCUT2D eigenvalue weighted by Crippen LogP contribution is -2.34. The molecule has 0 aromatic heterocycles. The highest BCUT2D eigenvalue weighted by Gasteiger charge is 2.24. The van der Waals surface area contributed by atoms with Crippen molar-refractivity contribution in [1.29, 1.82) is 0 Å². The molecule has 1 saturated carbocycles. The second kappa shape index (κ2) is 6.19. The Morgan fingerprint density at radius 1 is 1.37 bits per heavy atom. The number of nitrogens with two attached hydrogens (primary N) is 2. The molecule has 1 aromatic carbocycles. The van der Waals surface area contributed by atoms with Gasteiger partial charge in [0.2, 0.25) is 5.91 Å². The Morgan fingerprint density at radius 2 is 2.11 bits per heavy atom. The molecule has 0 spiro atoms. The standard InChI is InChI=1S/C14H21N3OS/c1-19-13-5-3-2-4-11(13)17-12-8-9(14(16)18)6-7-10(12)15/h6-8,11,13,17H,2-5,15H2,1H3,(H2,16,18). The number of hydrogen-bond donors (Lipinski definition) is 3. The maximum absolute atomic E-state index is 11.2. The van der Waals surface area contributed by atoms with Gasteiger partial charge in [0.1, 0.15) is 0 Å². The maximum atomic E-state index is 11.2. The van der Waals surface area contributed by atoms with Crippen LogP contribution in [0.15, 0.2) is 18.2 Å². The zero-order valence-electron chi connectivity index (χ0n) is 11.2. The van der Waals surface area contributed by atoms with Crippen LogP contribution in [-0.2, 0) is 0 Å². The summed E-state index contributed by atoms with van der Waals surface area (Å²) in [5.41, 5.74) is 13.3. The number of hydrogen-bond acceptors (Lipinski definition) is 4. The van der Waals surface area contributed by atoms with Crippen LogP contribution in [0.5, 0.6) is 0 Å². The van der Waals surface area contributed by atoms with E-state index in [1.165, 1.54) is 19.3 Å². The molecule has 2 atom stereocenters. The summed E-state index contributed by atoms with van der Waals surface area (Å²) in [6, 6.07) is 5.56. The highest BCUT2D eigenvalue weighted by Crippen LogP contribution is 2.31. The van der Waals surface area contributed by atoms with Crippen molar-refractivity contribution in [3.05, 3.63) is 23.8 Å². The fraction of sp³-hybridized carbons (Fsp3) is 0.500. The van der Waals surface area contributed by atoms with Gasteiger partial charge in [-0.1, -0.05) is 12.8 Å². The number of nitrogen functional groups attached to an aromatic ring is 1. The Morgan fingerprint density at radius 3 is 2.79 bits per heavy atom. The fourth-order valence-electron chi connectivity index (χ4n) is 2.58. The van der Waals surface area contributed by atoms with Crippen LogP contribution in [0.25, 0.3) is 0 Å². The Labute approximate surface area is 118 Å². The Hall–Kier alpha value is -1.36. The molecule has 4 nitrogen and oxygen atoms in total. The minimum absolute atomic E-state index is 0.411. The molecule has 2 unspecified atom stereocenters. The van der Waals surface area contributed by atoms with Crippen LogP contribution in [0.3, 0.4) is 0 Å². The summed E-state index contributed by atoms with van der Waals surface area (Å²) in [5.74, 6) is -0.423. The largest absolute Gasteiger partial charge is 0.397 e. The zero-order chi connectivity index (χ0) is 13.8. The number of anilines is 2. The lowest BCUT2D eigenvalue weighted by Gasteiger charge is -2.32. The summed E-state index contributed by atoms with van der Waals surface area (Å²) < 4.78 is 0. The van der Waals surface area contributed by atoms with Crippen molar-refractivity contribution in [3.8, 4) is 0 Å². The van der Waals surface area contributed by atoms with Crippen LogP contribution in [0.1, 0.15) is 36.0 Å². The average Bonchev–Trinajstić information content (AvgIpc) is 2.41. The first-order chi connectivity index (χ1) is 9.11. The Kier molecular flexibility index (Phi) is 4.58. The molecule has 1 aromatic rings. The molecule has 1 aliphatic carbocycles. The number of amides is 1. The predicted molar refractivity (Wildman–Crippen MR) is 82.6 cm³/mol. The van der Waals surface area contributed by atoms with Crippen LogP contribution in [0.2, 0.25) is 0 Å². The molecule has 104 valence electrons. The van der Waals surface area contributed by atoms with Crippen molar-refractivity contribution in [1.82, 2.24) is 0 Å². The summed E-state index contributed by atoms with van der Waals surface area (Å²) >= 11 is 1.89. The smallest absolute Gasteiger partial charge is 0.248 e. The summed E-state index contributed by atoms with van der Waals surface area (Å²) in [6.45, 7) is 0.